The van der Waals surface area contributed by atoms with Gasteiger partial charge in [-0.3, -0.25) is 0 Å². The summed E-state index contributed by atoms with van der Waals surface area (Å²) in [6.45, 7) is 0.818. The molecule has 0 saturated heterocycles. The molecular weight excluding hydrogens is 817 g/mol. The second-order valence-electron chi connectivity index (χ2n) is 17.5. The number of para-hydroxylation sites is 3. The molecule has 5 heterocycles. The number of benzene rings is 7. The van der Waals surface area contributed by atoms with E-state index in [1.54, 1.807) is 0 Å². The number of amidine groups is 1. The molecule has 67 heavy (non-hydrogen) atoms. The van der Waals surface area contributed by atoms with Crippen molar-refractivity contribution in [2.24, 2.45) is 4.99 Å². The van der Waals surface area contributed by atoms with Gasteiger partial charge in [-0.25, -0.2) is 9.98 Å². The summed E-state index contributed by atoms with van der Waals surface area (Å²) in [5.41, 5.74) is 18.9. The van der Waals surface area contributed by atoms with Crippen molar-refractivity contribution in [1.82, 2.24) is 20.2 Å². The van der Waals surface area contributed by atoms with Crippen LogP contribution in [0.25, 0.3) is 72.7 Å². The molecule has 6 nitrogen and oxygen atoms in total. The Bertz CT molecular complexity index is 3640. The number of pyridine rings is 1. The van der Waals surface area contributed by atoms with Crippen molar-refractivity contribution in [2.75, 3.05) is 11.9 Å². The molecule has 4 aliphatic rings. The van der Waals surface area contributed by atoms with Crippen LogP contribution < -0.4 is 16.0 Å². The lowest BCUT2D eigenvalue weighted by molar-refractivity contribution is 0.780. The van der Waals surface area contributed by atoms with Crippen LogP contribution in [-0.2, 0) is 0 Å². The Hall–Kier alpha value is -8.74. The van der Waals surface area contributed by atoms with Gasteiger partial charge in [0.25, 0.3) is 0 Å². The minimum absolute atomic E-state index is 0.0234. The van der Waals surface area contributed by atoms with Crippen LogP contribution >= 0.6 is 0 Å². The summed E-state index contributed by atoms with van der Waals surface area (Å²) in [5.74, 6) is 0.853. The Labute approximate surface area is 389 Å². The van der Waals surface area contributed by atoms with E-state index in [4.69, 9.17) is 9.98 Å². The quantitative estimate of drug-likeness (QED) is 0.149. The molecule has 6 heteroatoms. The van der Waals surface area contributed by atoms with Crippen molar-refractivity contribution in [3.05, 3.63) is 257 Å². The fraction of sp³-hybridized carbons (Fsp3) is 0.0492. The summed E-state index contributed by atoms with van der Waals surface area (Å²) in [6.07, 6.45) is 17.8. The lowest BCUT2D eigenvalue weighted by Crippen LogP contribution is -2.31. The zero-order valence-electron chi connectivity index (χ0n) is 36.6. The number of anilines is 1. The Morgan fingerprint density at radius 1 is 0.552 bits per heavy atom. The predicted octanol–water partition coefficient (Wildman–Crippen LogP) is 13.5. The SMILES string of the molecule is C1=Cc2cccc(-c3ccc4ccc(C5=CC=C6C=CC(c7cccc(C8C=C(c9ccc(-n%10c%11ccccc%11c%11ccccc%11%10)cc9)N=C(c9ccccc9)N8)c7)=CC6N5)cc4n3)c2NC1. The number of dihydropyridines is 1. The molecule has 0 fully saturated rings. The monoisotopic (exact) mass is 860 g/mol. The van der Waals surface area contributed by atoms with Crippen LogP contribution in [0.2, 0.25) is 0 Å². The molecule has 7 aromatic carbocycles. The summed E-state index contributed by atoms with van der Waals surface area (Å²) >= 11 is 0. The fourth-order valence-electron chi connectivity index (χ4n) is 10.1. The lowest BCUT2D eigenvalue weighted by Gasteiger charge is -2.28. The number of nitrogens with zero attached hydrogens (tertiary/aromatic N) is 3. The Morgan fingerprint density at radius 2 is 1.31 bits per heavy atom. The van der Waals surface area contributed by atoms with E-state index in [9.17, 15) is 0 Å². The maximum absolute atomic E-state index is 5.24. The van der Waals surface area contributed by atoms with Gasteiger partial charge in [-0.15, -0.1) is 0 Å². The first-order chi connectivity index (χ1) is 33.2. The third-order valence-corrected chi connectivity index (χ3v) is 13.5. The number of hydrogen-bond acceptors (Lipinski definition) is 5. The topological polar surface area (TPSA) is 66.3 Å². The minimum Gasteiger partial charge on any atom is -0.381 e. The van der Waals surface area contributed by atoms with E-state index in [1.165, 1.54) is 44.1 Å². The highest BCUT2D eigenvalue weighted by Crippen LogP contribution is 2.37. The van der Waals surface area contributed by atoms with Gasteiger partial charge in [-0.1, -0.05) is 170 Å². The molecule has 3 N–H and O–H groups in total. The molecule has 3 aliphatic heterocycles. The number of aliphatic imine (C=N–C) groups is 1. The number of hydrogen-bond donors (Lipinski definition) is 3. The normalized spacial score (nSPS) is 17.3. The average molecular weight is 861 g/mol. The number of allylic oxidation sites excluding steroid dienone is 4. The largest absolute Gasteiger partial charge is 0.381 e. The summed E-state index contributed by atoms with van der Waals surface area (Å²) in [6, 6.07) is 62.7. The Kier molecular flexibility index (Phi) is 9.27. The first kappa shape index (κ1) is 38.7. The van der Waals surface area contributed by atoms with Gasteiger partial charge in [-0.2, -0.15) is 0 Å². The second-order valence-corrected chi connectivity index (χ2v) is 17.5. The molecule has 318 valence electrons. The summed E-state index contributed by atoms with van der Waals surface area (Å²) in [7, 11) is 0. The summed E-state index contributed by atoms with van der Waals surface area (Å²) < 4.78 is 2.36. The van der Waals surface area contributed by atoms with Gasteiger partial charge in [0.2, 0.25) is 0 Å². The highest BCUT2D eigenvalue weighted by Gasteiger charge is 2.24. The third kappa shape index (κ3) is 6.98. The third-order valence-electron chi connectivity index (χ3n) is 13.5. The second kappa shape index (κ2) is 16.1. The number of fused-ring (bicyclic) bond motifs is 6. The first-order valence-corrected chi connectivity index (χ1v) is 23.0. The zero-order chi connectivity index (χ0) is 44.3. The van der Waals surface area contributed by atoms with Crippen LogP contribution in [0.5, 0.6) is 0 Å². The van der Waals surface area contributed by atoms with Crippen LogP contribution in [0.15, 0.2) is 229 Å². The molecule has 0 amide bonds. The van der Waals surface area contributed by atoms with Crippen LogP contribution in [-0.4, -0.2) is 28.0 Å². The average Bonchev–Trinajstić information content (AvgIpc) is 3.74. The predicted molar refractivity (Wildman–Crippen MR) is 279 cm³/mol. The van der Waals surface area contributed by atoms with E-state index in [0.29, 0.717) is 0 Å². The number of nitrogens with one attached hydrogen (secondary N) is 3. The van der Waals surface area contributed by atoms with E-state index < -0.39 is 0 Å². The van der Waals surface area contributed by atoms with Gasteiger partial charge in [0.05, 0.1) is 45.7 Å². The van der Waals surface area contributed by atoms with E-state index in [-0.39, 0.29) is 12.1 Å². The van der Waals surface area contributed by atoms with Gasteiger partial charge in [0, 0.05) is 50.8 Å². The highest BCUT2D eigenvalue weighted by molar-refractivity contribution is 6.09. The standard InChI is InChI=1S/C61H44N6/c1-2-11-43(12-3-1)61-65-56(41-26-30-48(31-27-41)67-58-20-6-4-17-49(58)50-18-5-7-21-59(50)67)38-57(66-61)46-15-8-14-44(35-46)45-24-22-39-28-32-52(63-54(39)36-45)47-25-23-40-29-33-53(64-55(40)37-47)51-19-9-13-42-16-10-34-62-60(42)51/h1-33,35-38,54,57,62-63H,34H2,(H,65,66). The minimum atomic E-state index is -0.104. The number of aromatic nitrogens is 2. The summed E-state index contributed by atoms with van der Waals surface area (Å²) in [4.78, 5) is 10.4. The smallest absolute Gasteiger partial charge is 0.134 e. The molecule has 2 atom stereocenters. The van der Waals surface area contributed by atoms with Crippen LogP contribution in [0, 0.1) is 0 Å². The Balaban J connectivity index is 0.789. The van der Waals surface area contributed by atoms with Crippen LogP contribution in [0.1, 0.15) is 39.4 Å². The fourth-order valence-corrected chi connectivity index (χ4v) is 10.1. The molecule has 0 radical (unpaired) electrons. The van der Waals surface area contributed by atoms with Crippen molar-refractivity contribution < 1.29 is 0 Å². The lowest BCUT2D eigenvalue weighted by atomic mass is 9.89. The maximum atomic E-state index is 5.24. The van der Waals surface area contributed by atoms with Gasteiger partial charge in [0.1, 0.15) is 5.84 Å². The molecule has 0 bridgehead atoms. The maximum Gasteiger partial charge on any atom is 0.134 e. The van der Waals surface area contributed by atoms with Crippen molar-refractivity contribution in [3.63, 3.8) is 0 Å². The van der Waals surface area contributed by atoms with Gasteiger partial charge >= 0.3 is 0 Å². The van der Waals surface area contributed by atoms with Crippen molar-refractivity contribution >= 4 is 67.3 Å². The first-order valence-electron chi connectivity index (χ1n) is 23.0. The van der Waals surface area contributed by atoms with E-state index in [0.717, 1.165) is 79.6 Å². The van der Waals surface area contributed by atoms with Gasteiger partial charge < -0.3 is 20.5 Å². The van der Waals surface area contributed by atoms with Crippen molar-refractivity contribution in [3.8, 4) is 16.9 Å². The zero-order valence-corrected chi connectivity index (χ0v) is 36.6. The van der Waals surface area contributed by atoms with Crippen LogP contribution in [0.3, 0.4) is 0 Å². The van der Waals surface area contributed by atoms with Gasteiger partial charge in [-0.05, 0) is 88.0 Å². The molecular formula is C61H44N6. The molecule has 0 saturated carbocycles. The molecule has 1 aliphatic carbocycles. The Morgan fingerprint density at radius 3 is 2.16 bits per heavy atom. The highest BCUT2D eigenvalue weighted by atomic mass is 15.1. The van der Waals surface area contributed by atoms with E-state index >= 15 is 0 Å². The number of rotatable bonds is 7. The molecule has 2 aromatic heterocycles. The van der Waals surface area contributed by atoms with Crippen molar-refractivity contribution in [1.29, 1.82) is 0 Å². The van der Waals surface area contributed by atoms with Crippen LogP contribution in [0.4, 0.5) is 5.69 Å². The van der Waals surface area contributed by atoms with Crippen molar-refractivity contribution in [2.45, 2.75) is 12.1 Å². The summed E-state index contributed by atoms with van der Waals surface area (Å²) in [5, 5.41) is 14.8. The van der Waals surface area contributed by atoms with E-state index in [1.807, 2.05) is 6.07 Å². The molecule has 13 rings (SSSR count). The van der Waals surface area contributed by atoms with E-state index in [2.05, 4.69) is 239 Å². The van der Waals surface area contributed by atoms with Gasteiger partial charge in [0.15, 0.2) is 0 Å². The molecule has 2 unspecified atom stereocenters. The molecule has 0 spiro atoms. The molecule has 9 aromatic rings.